The van der Waals surface area contributed by atoms with E-state index in [1.54, 1.807) is 0 Å². The van der Waals surface area contributed by atoms with Crippen molar-refractivity contribution in [3.8, 4) is 0 Å². The van der Waals surface area contributed by atoms with Gasteiger partial charge in [-0.25, -0.2) is 26.4 Å². The Labute approximate surface area is 117 Å². The van der Waals surface area contributed by atoms with Gasteiger partial charge in [0.05, 0.1) is 22.6 Å². The summed E-state index contributed by atoms with van der Waals surface area (Å²) < 4.78 is 43.7. The lowest BCUT2D eigenvalue weighted by atomic mass is 9.97. The van der Waals surface area contributed by atoms with E-state index in [-0.39, 0.29) is 5.57 Å². The predicted octanol–water partition coefficient (Wildman–Crippen LogP) is -2.13. The fourth-order valence-electron chi connectivity index (χ4n) is 1.80. The molecule has 20 heavy (non-hydrogen) atoms. The number of rotatable bonds is 5. The van der Waals surface area contributed by atoms with E-state index in [0.717, 1.165) is 18.4 Å². The number of nitrogens with zero attached hydrogens (tertiary/aromatic N) is 1. The van der Waals surface area contributed by atoms with Crippen LogP contribution < -0.4 is 5.73 Å². The number of hydrogen-bond acceptors (Lipinski definition) is 6. The van der Waals surface area contributed by atoms with Gasteiger partial charge in [-0.3, -0.25) is 4.90 Å². The zero-order valence-corrected chi connectivity index (χ0v) is 11.8. The molecule has 0 fully saturated rings. The van der Waals surface area contributed by atoms with Gasteiger partial charge in [0.15, 0.2) is 0 Å². The first-order valence-corrected chi connectivity index (χ1v) is 7.87. The Balaban J connectivity index is 3.38. The summed E-state index contributed by atoms with van der Waals surface area (Å²) in [6.07, 6.45) is 2.92. The molecule has 2 amide bonds. The van der Waals surface area contributed by atoms with E-state index in [1.807, 2.05) is 0 Å². The van der Waals surface area contributed by atoms with Crippen molar-refractivity contribution in [2.24, 2.45) is 5.73 Å². The van der Waals surface area contributed by atoms with Crippen LogP contribution in [0.25, 0.3) is 0 Å². The SMILES string of the molecule is NC(=O)N1C=C(C(=O)O)C=CC1(C[SH](=O)=O)C[SH](=O)=O. The van der Waals surface area contributed by atoms with Crippen molar-refractivity contribution in [3.63, 3.8) is 0 Å². The summed E-state index contributed by atoms with van der Waals surface area (Å²) in [4.78, 5) is 22.8. The molecular formula is C9H12N2O7S2. The molecule has 0 unspecified atom stereocenters. The van der Waals surface area contributed by atoms with E-state index < -0.39 is 50.5 Å². The van der Waals surface area contributed by atoms with Gasteiger partial charge in [-0.1, -0.05) is 6.08 Å². The standard InChI is InChI=1S/C9H12N2O7S2/c10-8(14)11-3-6(7(12)13)1-2-9(11,4-19(15)16)5-20(17)18/h1-3,19-20H,4-5H2,(H2,10,14)(H,12,13). The van der Waals surface area contributed by atoms with Crippen molar-refractivity contribution in [2.45, 2.75) is 5.54 Å². The number of thiol groups is 2. The lowest BCUT2D eigenvalue weighted by molar-refractivity contribution is -0.132. The van der Waals surface area contributed by atoms with Gasteiger partial charge < -0.3 is 10.8 Å². The maximum atomic E-state index is 11.4. The Morgan fingerprint density at radius 3 is 2.05 bits per heavy atom. The maximum Gasteiger partial charge on any atom is 0.337 e. The smallest absolute Gasteiger partial charge is 0.337 e. The molecule has 0 radical (unpaired) electrons. The van der Waals surface area contributed by atoms with Crippen molar-refractivity contribution in [2.75, 3.05) is 11.5 Å². The molecule has 0 saturated heterocycles. The van der Waals surface area contributed by atoms with Crippen LogP contribution in [0.15, 0.2) is 23.9 Å². The highest BCUT2D eigenvalue weighted by Crippen LogP contribution is 2.25. The minimum atomic E-state index is -3.03. The first-order valence-electron chi connectivity index (χ1n) is 5.15. The fourth-order valence-corrected chi connectivity index (χ4v) is 3.61. The normalized spacial score (nSPS) is 17.3. The van der Waals surface area contributed by atoms with E-state index in [0.29, 0.717) is 4.90 Å². The quantitative estimate of drug-likeness (QED) is 0.421. The Morgan fingerprint density at radius 1 is 1.20 bits per heavy atom. The van der Waals surface area contributed by atoms with Crippen LogP contribution >= 0.6 is 0 Å². The highest BCUT2D eigenvalue weighted by atomic mass is 32.2. The van der Waals surface area contributed by atoms with Crippen LogP contribution in [0, 0.1) is 0 Å². The Hall–Kier alpha value is -1.88. The lowest BCUT2D eigenvalue weighted by Crippen LogP contribution is -2.56. The molecule has 1 aliphatic heterocycles. The van der Waals surface area contributed by atoms with Gasteiger partial charge in [-0.05, 0) is 6.08 Å². The number of carboxylic acids is 1. The summed E-state index contributed by atoms with van der Waals surface area (Å²) in [7, 11) is -6.06. The van der Waals surface area contributed by atoms with E-state index in [4.69, 9.17) is 10.8 Å². The monoisotopic (exact) mass is 324 g/mol. The van der Waals surface area contributed by atoms with Crippen LogP contribution in [-0.4, -0.2) is 55.9 Å². The highest BCUT2D eigenvalue weighted by molar-refractivity contribution is 7.73. The summed E-state index contributed by atoms with van der Waals surface area (Å²) in [5, 5.41) is 8.83. The van der Waals surface area contributed by atoms with Crippen LogP contribution in [0.4, 0.5) is 4.79 Å². The molecule has 112 valence electrons. The number of aliphatic carboxylic acids is 1. The number of nitrogens with two attached hydrogens (primary N) is 1. The lowest BCUT2D eigenvalue weighted by Gasteiger charge is -2.38. The average molecular weight is 324 g/mol. The molecular weight excluding hydrogens is 312 g/mol. The van der Waals surface area contributed by atoms with Crippen molar-refractivity contribution in [3.05, 3.63) is 23.9 Å². The van der Waals surface area contributed by atoms with Crippen LogP contribution in [0.5, 0.6) is 0 Å². The number of hydrogen-bond donors (Lipinski definition) is 4. The third kappa shape index (κ3) is 3.57. The van der Waals surface area contributed by atoms with Crippen LogP contribution in [-0.2, 0) is 26.2 Å². The largest absolute Gasteiger partial charge is 0.478 e. The minimum Gasteiger partial charge on any atom is -0.478 e. The molecule has 0 aromatic rings. The predicted molar refractivity (Wildman–Crippen MR) is 69.4 cm³/mol. The van der Waals surface area contributed by atoms with Gasteiger partial charge >= 0.3 is 12.0 Å². The Kier molecular flexibility index (Phi) is 4.89. The molecule has 0 aromatic heterocycles. The van der Waals surface area contributed by atoms with Gasteiger partial charge in [-0.2, -0.15) is 0 Å². The number of carbonyl (C=O) groups is 2. The average Bonchev–Trinajstić information content (AvgIpc) is 2.26. The third-order valence-electron chi connectivity index (χ3n) is 2.61. The van der Waals surface area contributed by atoms with Gasteiger partial charge in [0.2, 0.25) is 0 Å². The van der Waals surface area contributed by atoms with Crippen LogP contribution in [0.3, 0.4) is 0 Å². The molecule has 0 aromatic carbocycles. The summed E-state index contributed by atoms with van der Waals surface area (Å²) in [6, 6.07) is -1.15. The second kappa shape index (κ2) is 6.05. The first kappa shape index (κ1) is 16.2. The zero-order valence-electron chi connectivity index (χ0n) is 9.96. The maximum absolute atomic E-state index is 11.4. The van der Waals surface area contributed by atoms with Gasteiger partial charge in [0.1, 0.15) is 21.4 Å². The Morgan fingerprint density at radius 2 is 1.70 bits per heavy atom. The summed E-state index contributed by atoms with van der Waals surface area (Å²) in [5.74, 6) is -2.73. The van der Waals surface area contributed by atoms with Crippen LogP contribution in [0.2, 0.25) is 0 Å². The van der Waals surface area contributed by atoms with E-state index in [9.17, 15) is 26.4 Å². The molecule has 1 rings (SSSR count). The molecule has 0 atom stereocenters. The number of carbonyl (C=O) groups excluding carboxylic acids is 1. The number of amides is 2. The molecule has 0 aliphatic carbocycles. The van der Waals surface area contributed by atoms with Crippen molar-refractivity contribution in [1.29, 1.82) is 0 Å². The third-order valence-corrected chi connectivity index (χ3v) is 4.22. The number of carboxylic acid groups (broad SMARTS) is 1. The van der Waals surface area contributed by atoms with Crippen LogP contribution in [0.1, 0.15) is 0 Å². The summed E-state index contributed by atoms with van der Waals surface area (Å²) >= 11 is 0. The van der Waals surface area contributed by atoms with E-state index >= 15 is 0 Å². The van der Waals surface area contributed by atoms with Crippen molar-refractivity contribution < 1.29 is 31.5 Å². The number of primary amides is 1. The molecule has 11 heteroatoms. The second-order valence-electron chi connectivity index (χ2n) is 4.02. The van der Waals surface area contributed by atoms with Crippen molar-refractivity contribution >= 4 is 33.4 Å². The first-order chi connectivity index (χ1) is 9.18. The molecule has 0 spiro atoms. The summed E-state index contributed by atoms with van der Waals surface area (Å²) in [6.45, 7) is 0. The van der Waals surface area contributed by atoms with E-state index in [2.05, 4.69) is 0 Å². The minimum absolute atomic E-state index is 0.318. The summed E-state index contributed by atoms with van der Waals surface area (Å²) in [5.41, 5.74) is 3.03. The Bertz CT molecular complexity index is 605. The number of urea groups is 1. The topological polar surface area (TPSA) is 152 Å². The van der Waals surface area contributed by atoms with Crippen molar-refractivity contribution in [1.82, 2.24) is 4.90 Å². The molecule has 1 heterocycles. The second-order valence-corrected chi connectivity index (χ2v) is 5.98. The fraction of sp³-hybridized carbons (Fsp3) is 0.333. The molecule has 3 N–H and O–H groups in total. The molecule has 1 aliphatic rings. The molecule has 0 saturated carbocycles. The van der Waals surface area contributed by atoms with Gasteiger partial charge in [-0.15, -0.1) is 0 Å². The van der Waals surface area contributed by atoms with Gasteiger partial charge in [0.25, 0.3) is 0 Å². The molecule has 0 bridgehead atoms. The highest BCUT2D eigenvalue weighted by Gasteiger charge is 2.40. The van der Waals surface area contributed by atoms with Gasteiger partial charge in [0, 0.05) is 6.20 Å². The zero-order chi connectivity index (χ0) is 15.5. The molecule has 9 nitrogen and oxygen atoms in total. The van der Waals surface area contributed by atoms with E-state index in [1.165, 1.54) is 0 Å².